The van der Waals surface area contributed by atoms with Gasteiger partial charge >= 0.3 is 0 Å². The molecule has 5 nitrogen and oxygen atoms in total. The Bertz CT molecular complexity index is 881. The molecule has 0 radical (unpaired) electrons. The maximum atomic E-state index is 12.9. The van der Waals surface area contributed by atoms with E-state index < -0.39 is 0 Å². The lowest BCUT2D eigenvalue weighted by molar-refractivity contribution is 0.0746. The SMILES string of the molecule is CN(C(=O)c1ccc(=O)n(C)n1)C(c1ccccc1)c1ccccc1. The molecule has 0 aliphatic carbocycles. The molecule has 0 saturated carbocycles. The number of carbonyl (C=O) groups excluding carboxylic acids is 1. The lowest BCUT2D eigenvalue weighted by Crippen LogP contribution is -2.34. The zero-order valence-corrected chi connectivity index (χ0v) is 14.2. The van der Waals surface area contributed by atoms with E-state index in [1.807, 2.05) is 60.7 Å². The van der Waals surface area contributed by atoms with Crippen LogP contribution >= 0.6 is 0 Å². The third-order valence-electron chi connectivity index (χ3n) is 4.12. The number of amides is 1. The molecule has 1 heterocycles. The number of rotatable bonds is 4. The summed E-state index contributed by atoms with van der Waals surface area (Å²) in [5, 5.41) is 4.08. The molecule has 1 aromatic heterocycles. The second-order valence-electron chi connectivity index (χ2n) is 5.82. The summed E-state index contributed by atoms with van der Waals surface area (Å²) in [4.78, 5) is 26.1. The van der Waals surface area contributed by atoms with Crippen molar-refractivity contribution in [2.75, 3.05) is 7.05 Å². The Kier molecular flexibility index (Phi) is 4.75. The summed E-state index contributed by atoms with van der Waals surface area (Å²) in [6.45, 7) is 0. The Labute approximate surface area is 146 Å². The van der Waals surface area contributed by atoms with Crippen LogP contribution in [-0.4, -0.2) is 27.6 Å². The molecule has 0 N–H and O–H groups in total. The number of benzene rings is 2. The van der Waals surface area contributed by atoms with Gasteiger partial charge in [0, 0.05) is 20.2 Å². The molecule has 3 rings (SSSR count). The van der Waals surface area contributed by atoms with Crippen molar-refractivity contribution in [1.29, 1.82) is 0 Å². The molecule has 25 heavy (non-hydrogen) atoms. The molecule has 0 unspecified atom stereocenters. The van der Waals surface area contributed by atoms with E-state index in [0.29, 0.717) is 0 Å². The zero-order valence-electron chi connectivity index (χ0n) is 14.2. The minimum absolute atomic E-state index is 0.237. The van der Waals surface area contributed by atoms with Crippen LogP contribution in [0.25, 0.3) is 0 Å². The van der Waals surface area contributed by atoms with Gasteiger partial charge in [0.2, 0.25) is 0 Å². The van der Waals surface area contributed by atoms with Crippen LogP contribution in [0, 0.1) is 0 Å². The van der Waals surface area contributed by atoms with Gasteiger partial charge < -0.3 is 4.90 Å². The van der Waals surface area contributed by atoms with Crippen molar-refractivity contribution in [3.05, 3.63) is 100.0 Å². The van der Waals surface area contributed by atoms with E-state index in [4.69, 9.17) is 0 Å². The van der Waals surface area contributed by atoms with Crippen LogP contribution in [-0.2, 0) is 7.05 Å². The number of nitrogens with zero attached hydrogens (tertiary/aromatic N) is 3. The monoisotopic (exact) mass is 333 g/mol. The largest absolute Gasteiger partial charge is 0.329 e. The van der Waals surface area contributed by atoms with E-state index in [-0.39, 0.29) is 23.2 Å². The van der Waals surface area contributed by atoms with Crippen LogP contribution in [0.3, 0.4) is 0 Å². The molecule has 0 aliphatic heterocycles. The molecule has 3 aromatic rings. The predicted octanol–water partition coefficient (Wildman–Crippen LogP) is 2.64. The molecule has 0 bridgehead atoms. The van der Waals surface area contributed by atoms with Gasteiger partial charge in [0.15, 0.2) is 0 Å². The van der Waals surface area contributed by atoms with E-state index in [2.05, 4.69) is 5.10 Å². The summed E-state index contributed by atoms with van der Waals surface area (Å²) >= 11 is 0. The first-order valence-corrected chi connectivity index (χ1v) is 7.99. The molecular formula is C20H19N3O2. The highest BCUT2D eigenvalue weighted by Gasteiger charge is 2.25. The average molecular weight is 333 g/mol. The predicted molar refractivity (Wildman–Crippen MR) is 96.3 cm³/mol. The van der Waals surface area contributed by atoms with Gasteiger partial charge in [-0.2, -0.15) is 5.10 Å². The minimum Gasteiger partial charge on any atom is -0.329 e. The topological polar surface area (TPSA) is 55.2 Å². The van der Waals surface area contributed by atoms with Crippen LogP contribution in [0.4, 0.5) is 0 Å². The number of carbonyl (C=O) groups is 1. The molecule has 5 heteroatoms. The summed E-state index contributed by atoms with van der Waals surface area (Å²) in [5.41, 5.74) is 2.01. The summed E-state index contributed by atoms with van der Waals surface area (Å²) in [6.07, 6.45) is 0. The average Bonchev–Trinajstić information content (AvgIpc) is 2.65. The van der Waals surface area contributed by atoms with Crippen LogP contribution in [0.1, 0.15) is 27.7 Å². The van der Waals surface area contributed by atoms with Crippen molar-refractivity contribution in [2.45, 2.75) is 6.04 Å². The first kappa shape index (κ1) is 16.6. The van der Waals surface area contributed by atoms with E-state index in [0.717, 1.165) is 11.1 Å². The zero-order chi connectivity index (χ0) is 17.8. The second-order valence-corrected chi connectivity index (χ2v) is 5.82. The number of hydrogen-bond acceptors (Lipinski definition) is 3. The summed E-state index contributed by atoms with van der Waals surface area (Å²) in [7, 11) is 3.28. The van der Waals surface area contributed by atoms with Crippen LogP contribution in [0.2, 0.25) is 0 Å². The fourth-order valence-electron chi connectivity index (χ4n) is 2.82. The van der Waals surface area contributed by atoms with Crippen LogP contribution in [0.15, 0.2) is 77.6 Å². The van der Waals surface area contributed by atoms with E-state index in [1.54, 1.807) is 11.9 Å². The summed E-state index contributed by atoms with van der Waals surface area (Å²) in [6, 6.07) is 22.3. The Hall–Kier alpha value is -3.21. The lowest BCUT2D eigenvalue weighted by Gasteiger charge is -2.29. The number of aromatic nitrogens is 2. The molecule has 0 spiro atoms. The van der Waals surface area contributed by atoms with Gasteiger partial charge in [0.25, 0.3) is 11.5 Å². The fraction of sp³-hybridized carbons (Fsp3) is 0.150. The fourth-order valence-corrected chi connectivity index (χ4v) is 2.82. The van der Waals surface area contributed by atoms with Crippen molar-refractivity contribution < 1.29 is 4.79 Å². The smallest absolute Gasteiger partial charge is 0.274 e. The maximum absolute atomic E-state index is 12.9. The molecular weight excluding hydrogens is 314 g/mol. The van der Waals surface area contributed by atoms with Gasteiger partial charge in [-0.3, -0.25) is 9.59 Å². The van der Waals surface area contributed by atoms with Crippen LogP contribution in [0.5, 0.6) is 0 Å². The lowest BCUT2D eigenvalue weighted by atomic mass is 9.97. The first-order chi connectivity index (χ1) is 12.1. The third kappa shape index (κ3) is 3.50. The highest BCUT2D eigenvalue weighted by atomic mass is 16.2. The van der Waals surface area contributed by atoms with Gasteiger partial charge in [-0.1, -0.05) is 60.7 Å². The minimum atomic E-state index is -0.248. The Morgan fingerprint density at radius 2 is 1.44 bits per heavy atom. The van der Waals surface area contributed by atoms with Crippen LogP contribution < -0.4 is 5.56 Å². The molecule has 0 fully saturated rings. The van der Waals surface area contributed by atoms with E-state index in [9.17, 15) is 9.59 Å². The second kappa shape index (κ2) is 7.13. The van der Waals surface area contributed by atoms with Gasteiger partial charge in [0.1, 0.15) is 5.69 Å². The summed E-state index contributed by atoms with van der Waals surface area (Å²) in [5.74, 6) is -0.242. The number of aryl methyl sites for hydroxylation is 1. The maximum Gasteiger partial charge on any atom is 0.274 e. The molecule has 2 aromatic carbocycles. The molecule has 0 atom stereocenters. The van der Waals surface area contributed by atoms with Crippen molar-refractivity contribution >= 4 is 5.91 Å². The molecule has 1 amide bonds. The highest BCUT2D eigenvalue weighted by Crippen LogP contribution is 2.28. The van der Waals surface area contributed by atoms with Gasteiger partial charge in [0.05, 0.1) is 6.04 Å². The van der Waals surface area contributed by atoms with Crippen molar-refractivity contribution in [1.82, 2.24) is 14.7 Å². The van der Waals surface area contributed by atoms with Gasteiger partial charge in [-0.15, -0.1) is 0 Å². The third-order valence-corrected chi connectivity index (χ3v) is 4.12. The highest BCUT2D eigenvalue weighted by molar-refractivity contribution is 5.92. The van der Waals surface area contributed by atoms with E-state index >= 15 is 0 Å². The summed E-state index contributed by atoms with van der Waals surface area (Å²) < 4.78 is 1.17. The van der Waals surface area contributed by atoms with Crippen molar-refractivity contribution in [2.24, 2.45) is 7.05 Å². The van der Waals surface area contributed by atoms with Gasteiger partial charge in [-0.05, 0) is 17.2 Å². The van der Waals surface area contributed by atoms with Crippen molar-refractivity contribution in [3.8, 4) is 0 Å². The first-order valence-electron chi connectivity index (χ1n) is 7.99. The number of hydrogen-bond donors (Lipinski definition) is 0. The Balaban J connectivity index is 2.02. The molecule has 0 saturated heterocycles. The quantitative estimate of drug-likeness (QED) is 0.737. The van der Waals surface area contributed by atoms with Gasteiger partial charge in [-0.25, -0.2) is 4.68 Å². The normalized spacial score (nSPS) is 10.7. The Morgan fingerprint density at radius 1 is 0.920 bits per heavy atom. The Morgan fingerprint density at radius 3 is 1.92 bits per heavy atom. The molecule has 126 valence electrons. The molecule has 0 aliphatic rings. The standard InChI is InChI=1S/C20H19N3O2/c1-22(20(25)17-13-14-18(24)23(2)21-17)19(15-9-5-3-6-10-15)16-11-7-4-8-12-16/h3-14,19H,1-2H3. The van der Waals surface area contributed by atoms with Crippen molar-refractivity contribution in [3.63, 3.8) is 0 Å². The van der Waals surface area contributed by atoms with E-state index in [1.165, 1.54) is 23.9 Å².